The SMILES string of the molecule is CC(=O)C[C@@H](CSC(C)=O)C(=O)Oc1ccc(NC(C)=O)cc1. The van der Waals surface area contributed by atoms with Gasteiger partial charge in [-0.15, -0.1) is 0 Å². The first-order valence-electron chi connectivity index (χ1n) is 7.00. The lowest BCUT2D eigenvalue weighted by Crippen LogP contribution is -2.25. The predicted molar refractivity (Wildman–Crippen MR) is 88.3 cm³/mol. The molecule has 0 aliphatic carbocycles. The number of nitrogens with one attached hydrogen (secondary N) is 1. The van der Waals surface area contributed by atoms with Crippen molar-refractivity contribution in [3.63, 3.8) is 0 Å². The summed E-state index contributed by atoms with van der Waals surface area (Å²) in [6.45, 7) is 4.19. The van der Waals surface area contributed by atoms with Crippen molar-refractivity contribution >= 4 is 40.2 Å². The van der Waals surface area contributed by atoms with Gasteiger partial charge in [0.15, 0.2) is 5.12 Å². The van der Waals surface area contributed by atoms with Gasteiger partial charge < -0.3 is 14.8 Å². The third-order valence-corrected chi connectivity index (χ3v) is 3.72. The molecule has 0 fully saturated rings. The van der Waals surface area contributed by atoms with Gasteiger partial charge in [0.2, 0.25) is 5.91 Å². The Morgan fingerprint density at radius 1 is 1.09 bits per heavy atom. The molecule has 0 heterocycles. The summed E-state index contributed by atoms with van der Waals surface area (Å²) in [4.78, 5) is 45.4. The van der Waals surface area contributed by atoms with Crippen LogP contribution in [0.3, 0.4) is 0 Å². The minimum absolute atomic E-state index is 0.0308. The van der Waals surface area contributed by atoms with Crippen LogP contribution in [0.1, 0.15) is 27.2 Å². The van der Waals surface area contributed by atoms with Gasteiger partial charge in [-0.1, -0.05) is 11.8 Å². The van der Waals surface area contributed by atoms with Crippen LogP contribution in [-0.2, 0) is 19.2 Å². The highest BCUT2D eigenvalue weighted by Gasteiger charge is 2.23. The fourth-order valence-electron chi connectivity index (χ4n) is 1.78. The number of esters is 1. The first kappa shape index (κ1) is 18.9. The minimum Gasteiger partial charge on any atom is -0.426 e. The normalized spacial score (nSPS) is 11.4. The van der Waals surface area contributed by atoms with Crippen LogP contribution < -0.4 is 10.1 Å². The van der Waals surface area contributed by atoms with Gasteiger partial charge >= 0.3 is 5.97 Å². The van der Waals surface area contributed by atoms with E-state index in [9.17, 15) is 19.2 Å². The van der Waals surface area contributed by atoms with Crippen molar-refractivity contribution in [1.82, 2.24) is 0 Å². The number of rotatable bonds is 7. The molecule has 0 saturated heterocycles. The van der Waals surface area contributed by atoms with E-state index < -0.39 is 11.9 Å². The molecule has 0 spiro atoms. The highest BCUT2D eigenvalue weighted by atomic mass is 32.2. The molecule has 1 N–H and O–H groups in total. The van der Waals surface area contributed by atoms with Crippen LogP contribution in [0.5, 0.6) is 5.75 Å². The Morgan fingerprint density at radius 2 is 1.70 bits per heavy atom. The number of hydrogen-bond acceptors (Lipinski definition) is 6. The number of anilines is 1. The van der Waals surface area contributed by atoms with Gasteiger partial charge in [0.1, 0.15) is 11.5 Å². The summed E-state index contributed by atoms with van der Waals surface area (Å²) in [5.74, 6) is -1.05. The summed E-state index contributed by atoms with van der Waals surface area (Å²) < 4.78 is 5.24. The van der Waals surface area contributed by atoms with Crippen LogP contribution in [0.15, 0.2) is 24.3 Å². The largest absolute Gasteiger partial charge is 0.426 e. The Labute approximate surface area is 139 Å². The average Bonchev–Trinajstić information content (AvgIpc) is 2.44. The fourth-order valence-corrected chi connectivity index (χ4v) is 2.47. The molecule has 0 saturated carbocycles. The summed E-state index contributed by atoms with van der Waals surface area (Å²) in [6, 6.07) is 6.31. The van der Waals surface area contributed by atoms with Crippen molar-refractivity contribution in [3.05, 3.63) is 24.3 Å². The number of ether oxygens (including phenoxy) is 1. The molecular weight excluding hydrogens is 318 g/mol. The van der Waals surface area contributed by atoms with Gasteiger partial charge in [-0.3, -0.25) is 14.4 Å². The van der Waals surface area contributed by atoms with E-state index in [0.717, 1.165) is 11.8 Å². The van der Waals surface area contributed by atoms with E-state index in [1.807, 2.05) is 0 Å². The maximum absolute atomic E-state index is 12.2. The Kier molecular flexibility index (Phi) is 7.47. The number of ketones is 1. The van der Waals surface area contributed by atoms with E-state index >= 15 is 0 Å². The molecule has 0 radical (unpaired) electrons. The third-order valence-electron chi connectivity index (χ3n) is 2.75. The van der Waals surface area contributed by atoms with Crippen molar-refractivity contribution in [3.8, 4) is 5.75 Å². The molecule has 1 aromatic rings. The standard InChI is InChI=1S/C16H19NO5S/c1-10(18)8-13(9-23-12(3)20)16(21)22-15-6-4-14(5-7-15)17-11(2)19/h4-7,13H,8-9H2,1-3H3,(H,17,19)/t13-/m0/s1. The van der Waals surface area contributed by atoms with Gasteiger partial charge in [0, 0.05) is 31.7 Å². The van der Waals surface area contributed by atoms with Gasteiger partial charge in [0.25, 0.3) is 0 Å². The van der Waals surface area contributed by atoms with E-state index in [1.54, 1.807) is 24.3 Å². The summed E-state index contributed by atoms with van der Waals surface area (Å²) >= 11 is 0.990. The molecule has 0 aromatic heterocycles. The van der Waals surface area contributed by atoms with Crippen molar-refractivity contribution in [1.29, 1.82) is 0 Å². The van der Waals surface area contributed by atoms with Gasteiger partial charge in [0.05, 0.1) is 5.92 Å². The fraction of sp³-hybridized carbons (Fsp3) is 0.375. The highest BCUT2D eigenvalue weighted by Crippen LogP contribution is 2.20. The summed E-state index contributed by atoms with van der Waals surface area (Å²) in [5, 5.41) is 2.48. The molecule has 124 valence electrons. The molecule has 0 unspecified atom stereocenters. The zero-order valence-electron chi connectivity index (χ0n) is 13.3. The lowest BCUT2D eigenvalue weighted by Gasteiger charge is -2.13. The van der Waals surface area contributed by atoms with E-state index in [2.05, 4.69) is 5.32 Å². The molecule has 23 heavy (non-hydrogen) atoms. The molecule has 0 bridgehead atoms. The van der Waals surface area contributed by atoms with Gasteiger partial charge in [-0.2, -0.15) is 0 Å². The topological polar surface area (TPSA) is 89.5 Å². The summed E-state index contributed by atoms with van der Waals surface area (Å²) in [6.07, 6.45) is 0.0308. The van der Waals surface area contributed by atoms with E-state index in [1.165, 1.54) is 20.8 Å². The van der Waals surface area contributed by atoms with Crippen molar-refractivity contribution in [2.24, 2.45) is 5.92 Å². The zero-order chi connectivity index (χ0) is 17.4. The molecule has 6 nitrogen and oxygen atoms in total. The second-order valence-electron chi connectivity index (χ2n) is 5.03. The van der Waals surface area contributed by atoms with Crippen LogP contribution in [0.25, 0.3) is 0 Å². The average molecular weight is 337 g/mol. The molecule has 1 rings (SSSR count). The van der Waals surface area contributed by atoms with Crippen LogP contribution in [0.4, 0.5) is 5.69 Å². The Bertz CT molecular complexity index is 597. The maximum atomic E-state index is 12.2. The number of carbonyl (C=O) groups excluding carboxylic acids is 4. The zero-order valence-corrected chi connectivity index (χ0v) is 14.1. The quantitative estimate of drug-likeness (QED) is 0.607. The molecular formula is C16H19NO5S. The number of thioether (sulfide) groups is 1. The predicted octanol–water partition coefficient (Wildman–Crippen LogP) is 2.43. The van der Waals surface area contributed by atoms with Crippen LogP contribution >= 0.6 is 11.8 Å². The van der Waals surface area contributed by atoms with E-state index in [0.29, 0.717) is 11.4 Å². The first-order valence-corrected chi connectivity index (χ1v) is 7.98. The molecule has 7 heteroatoms. The smallest absolute Gasteiger partial charge is 0.315 e. The Morgan fingerprint density at radius 3 is 2.17 bits per heavy atom. The van der Waals surface area contributed by atoms with Crippen molar-refractivity contribution < 1.29 is 23.9 Å². The maximum Gasteiger partial charge on any atom is 0.315 e. The van der Waals surface area contributed by atoms with Gasteiger partial charge in [-0.05, 0) is 31.2 Å². The van der Waals surface area contributed by atoms with E-state index in [-0.39, 0.29) is 29.0 Å². The van der Waals surface area contributed by atoms with Crippen LogP contribution in [-0.4, -0.2) is 28.5 Å². The number of amides is 1. The molecule has 1 atom stereocenters. The Hall–Kier alpha value is -2.15. The first-order chi connectivity index (χ1) is 10.8. The van der Waals surface area contributed by atoms with Gasteiger partial charge in [-0.25, -0.2) is 0 Å². The second kappa shape index (κ2) is 9.09. The summed E-state index contributed by atoms with van der Waals surface area (Å²) in [7, 11) is 0. The Balaban J connectivity index is 2.70. The highest BCUT2D eigenvalue weighted by molar-refractivity contribution is 8.13. The minimum atomic E-state index is -0.670. The molecule has 0 aliphatic heterocycles. The third kappa shape index (κ3) is 7.60. The second-order valence-corrected chi connectivity index (χ2v) is 6.23. The number of carbonyl (C=O) groups is 4. The van der Waals surface area contributed by atoms with Crippen molar-refractivity contribution in [2.75, 3.05) is 11.1 Å². The lowest BCUT2D eigenvalue weighted by molar-refractivity contribution is -0.140. The monoisotopic (exact) mass is 337 g/mol. The summed E-state index contributed by atoms with van der Waals surface area (Å²) in [5.41, 5.74) is 0.588. The van der Waals surface area contributed by atoms with E-state index in [4.69, 9.17) is 4.74 Å². The molecule has 1 aromatic carbocycles. The molecule has 0 aliphatic rings. The molecule has 1 amide bonds. The van der Waals surface area contributed by atoms with Crippen molar-refractivity contribution in [2.45, 2.75) is 27.2 Å². The number of hydrogen-bond donors (Lipinski definition) is 1. The van der Waals surface area contributed by atoms with Crippen LogP contribution in [0, 0.1) is 5.92 Å². The lowest BCUT2D eigenvalue weighted by atomic mass is 10.1. The number of Topliss-reactive ketones (excluding diaryl/α,β-unsaturated/α-hetero) is 1. The number of benzene rings is 1. The van der Waals surface area contributed by atoms with Crippen LogP contribution in [0.2, 0.25) is 0 Å².